The SMILES string of the molecule is CC(C)CCOC(=O)CCCCCCCCCCCCCCCCCC(C(=O)OCCC(C)C)C(C)C. The predicted molar refractivity (Wildman–Crippen MR) is 158 cm³/mol. The third-order valence-electron chi connectivity index (χ3n) is 7.40. The van der Waals surface area contributed by atoms with Gasteiger partial charge in [-0.05, 0) is 43.4 Å². The molecular formula is C33H64O4. The van der Waals surface area contributed by atoms with Crippen molar-refractivity contribution in [1.82, 2.24) is 0 Å². The molecule has 0 radical (unpaired) electrons. The number of rotatable bonds is 26. The number of hydrogen-bond donors (Lipinski definition) is 0. The van der Waals surface area contributed by atoms with Crippen LogP contribution in [0.1, 0.15) is 164 Å². The first-order valence-corrected chi connectivity index (χ1v) is 16.1. The maximum absolute atomic E-state index is 12.4. The first-order chi connectivity index (χ1) is 17.7. The van der Waals surface area contributed by atoms with Gasteiger partial charge in [0.05, 0.1) is 19.1 Å². The van der Waals surface area contributed by atoms with Crippen molar-refractivity contribution in [2.45, 2.75) is 164 Å². The second-order valence-electron chi connectivity index (χ2n) is 12.4. The number of hydrogen-bond acceptors (Lipinski definition) is 4. The van der Waals surface area contributed by atoms with Gasteiger partial charge in [0.1, 0.15) is 0 Å². The van der Waals surface area contributed by atoms with Crippen LogP contribution < -0.4 is 0 Å². The number of carbonyl (C=O) groups excluding carboxylic acids is 2. The Morgan fingerprint density at radius 3 is 1.27 bits per heavy atom. The van der Waals surface area contributed by atoms with E-state index in [0.29, 0.717) is 37.4 Å². The van der Waals surface area contributed by atoms with Crippen molar-refractivity contribution >= 4 is 11.9 Å². The van der Waals surface area contributed by atoms with Crippen LogP contribution in [0.25, 0.3) is 0 Å². The molecule has 0 saturated heterocycles. The van der Waals surface area contributed by atoms with E-state index in [1.165, 1.54) is 77.0 Å². The van der Waals surface area contributed by atoms with Crippen molar-refractivity contribution < 1.29 is 19.1 Å². The predicted octanol–water partition coefficient (Wildman–Crippen LogP) is 10.1. The molecule has 0 aliphatic carbocycles. The van der Waals surface area contributed by atoms with Crippen LogP contribution in [-0.2, 0) is 19.1 Å². The zero-order chi connectivity index (χ0) is 27.7. The number of ether oxygens (including phenoxy) is 2. The smallest absolute Gasteiger partial charge is 0.309 e. The topological polar surface area (TPSA) is 52.6 Å². The van der Waals surface area contributed by atoms with Gasteiger partial charge in [0, 0.05) is 6.42 Å². The summed E-state index contributed by atoms with van der Waals surface area (Å²) in [6, 6.07) is 0. The van der Waals surface area contributed by atoms with Gasteiger partial charge in [-0.2, -0.15) is 0 Å². The normalized spacial score (nSPS) is 12.5. The van der Waals surface area contributed by atoms with E-state index in [1.54, 1.807) is 0 Å². The molecule has 0 rings (SSSR count). The van der Waals surface area contributed by atoms with Crippen LogP contribution in [-0.4, -0.2) is 25.2 Å². The number of esters is 2. The Bertz CT molecular complexity index is 526. The van der Waals surface area contributed by atoms with Gasteiger partial charge in [-0.1, -0.05) is 131 Å². The molecule has 0 aromatic heterocycles. The highest BCUT2D eigenvalue weighted by Crippen LogP contribution is 2.22. The van der Waals surface area contributed by atoms with Gasteiger partial charge < -0.3 is 9.47 Å². The average molecular weight is 525 g/mol. The molecule has 0 fully saturated rings. The summed E-state index contributed by atoms with van der Waals surface area (Å²) < 4.78 is 10.8. The molecule has 0 heterocycles. The molecule has 0 aromatic carbocycles. The van der Waals surface area contributed by atoms with Crippen LogP contribution in [0, 0.1) is 23.7 Å². The highest BCUT2D eigenvalue weighted by molar-refractivity contribution is 5.72. The lowest BCUT2D eigenvalue weighted by molar-refractivity contribution is -0.150. The first kappa shape index (κ1) is 35.9. The highest BCUT2D eigenvalue weighted by atomic mass is 16.5. The highest BCUT2D eigenvalue weighted by Gasteiger charge is 2.23. The first-order valence-electron chi connectivity index (χ1n) is 16.1. The maximum Gasteiger partial charge on any atom is 0.309 e. The fourth-order valence-corrected chi connectivity index (χ4v) is 4.64. The summed E-state index contributed by atoms with van der Waals surface area (Å²) in [6.45, 7) is 14.1. The molecule has 0 N–H and O–H groups in total. The van der Waals surface area contributed by atoms with Crippen molar-refractivity contribution in [3.63, 3.8) is 0 Å². The monoisotopic (exact) mass is 524 g/mol. The van der Waals surface area contributed by atoms with Crippen LogP contribution >= 0.6 is 0 Å². The Labute approximate surface area is 231 Å². The Balaban J connectivity index is 3.44. The molecule has 1 unspecified atom stereocenters. The summed E-state index contributed by atoms with van der Waals surface area (Å²) in [5, 5.41) is 0. The molecule has 4 nitrogen and oxygen atoms in total. The fourth-order valence-electron chi connectivity index (χ4n) is 4.64. The molecule has 0 aromatic rings. The minimum atomic E-state index is -0.0186. The minimum absolute atomic E-state index is 0.0186. The third-order valence-corrected chi connectivity index (χ3v) is 7.40. The molecule has 0 amide bonds. The second-order valence-corrected chi connectivity index (χ2v) is 12.4. The van der Waals surface area contributed by atoms with Crippen LogP contribution in [0.2, 0.25) is 0 Å². The van der Waals surface area contributed by atoms with E-state index in [1.807, 2.05) is 0 Å². The van der Waals surface area contributed by atoms with Crippen LogP contribution in [0.5, 0.6) is 0 Å². The molecule has 1 atom stereocenters. The molecule has 4 heteroatoms. The molecular weight excluding hydrogens is 460 g/mol. The van der Waals surface area contributed by atoms with E-state index in [2.05, 4.69) is 41.5 Å². The summed E-state index contributed by atoms with van der Waals surface area (Å²) in [6.07, 6.45) is 22.7. The Morgan fingerprint density at radius 1 is 0.486 bits per heavy atom. The summed E-state index contributed by atoms with van der Waals surface area (Å²) in [7, 11) is 0. The Hall–Kier alpha value is -1.06. The van der Waals surface area contributed by atoms with Crippen LogP contribution in [0.15, 0.2) is 0 Å². The zero-order valence-corrected chi connectivity index (χ0v) is 25.8. The van der Waals surface area contributed by atoms with Gasteiger partial charge in [-0.15, -0.1) is 0 Å². The van der Waals surface area contributed by atoms with Crippen molar-refractivity contribution in [3.05, 3.63) is 0 Å². The molecule has 0 aliphatic heterocycles. The zero-order valence-electron chi connectivity index (χ0n) is 25.8. The van der Waals surface area contributed by atoms with Crippen molar-refractivity contribution in [1.29, 1.82) is 0 Å². The van der Waals surface area contributed by atoms with Gasteiger partial charge in [-0.25, -0.2) is 0 Å². The minimum Gasteiger partial charge on any atom is -0.466 e. The van der Waals surface area contributed by atoms with Gasteiger partial charge in [0.25, 0.3) is 0 Å². The van der Waals surface area contributed by atoms with E-state index in [-0.39, 0.29) is 17.9 Å². The largest absolute Gasteiger partial charge is 0.466 e. The van der Waals surface area contributed by atoms with Gasteiger partial charge in [-0.3, -0.25) is 9.59 Å². The molecule has 220 valence electrons. The van der Waals surface area contributed by atoms with E-state index in [9.17, 15) is 9.59 Å². The van der Waals surface area contributed by atoms with Crippen molar-refractivity contribution in [2.75, 3.05) is 13.2 Å². The third kappa shape index (κ3) is 25.0. The summed E-state index contributed by atoms with van der Waals surface area (Å²) in [5.41, 5.74) is 0. The van der Waals surface area contributed by atoms with Gasteiger partial charge in [0.2, 0.25) is 0 Å². The average Bonchev–Trinajstić information content (AvgIpc) is 2.82. The lowest BCUT2D eigenvalue weighted by atomic mass is 9.90. The standard InChI is InChI=1S/C33H64O4/c1-28(2)24-26-36-32(34)23-21-19-17-15-13-11-9-7-8-10-12-14-16-18-20-22-31(30(5)6)33(35)37-27-25-29(3)4/h28-31H,7-27H2,1-6H3. The molecule has 0 aliphatic rings. The molecule has 0 saturated carbocycles. The Kier molecular flexibility index (Phi) is 24.5. The van der Waals surface area contributed by atoms with Crippen molar-refractivity contribution in [2.24, 2.45) is 23.7 Å². The van der Waals surface area contributed by atoms with E-state index < -0.39 is 0 Å². The maximum atomic E-state index is 12.4. The van der Waals surface area contributed by atoms with Crippen molar-refractivity contribution in [3.8, 4) is 0 Å². The van der Waals surface area contributed by atoms with Gasteiger partial charge >= 0.3 is 11.9 Å². The number of carbonyl (C=O) groups is 2. The summed E-state index contributed by atoms with van der Waals surface area (Å²) in [5.74, 6) is 1.60. The lowest BCUT2D eigenvalue weighted by Gasteiger charge is -2.19. The second kappa shape index (κ2) is 25.2. The summed E-state index contributed by atoms with van der Waals surface area (Å²) >= 11 is 0. The molecule has 37 heavy (non-hydrogen) atoms. The quantitative estimate of drug-likeness (QED) is 0.0834. The van der Waals surface area contributed by atoms with E-state index >= 15 is 0 Å². The van der Waals surface area contributed by atoms with Crippen LogP contribution in [0.4, 0.5) is 0 Å². The van der Waals surface area contributed by atoms with E-state index in [0.717, 1.165) is 38.5 Å². The molecule has 0 bridgehead atoms. The fraction of sp³-hybridized carbons (Fsp3) is 0.939. The van der Waals surface area contributed by atoms with Gasteiger partial charge in [0.15, 0.2) is 0 Å². The number of unbranched alkanes of at least 4 members (excludes halogenated alkanes) is 14. The molecule has 0 spiro atoms. The van der Waals surface area contributed by atoms with E-state index in [4.69, 9.17) is 9.47 Å². The summed E-state index contributed by atoms with van der Waals surface area (Å²) in [4.78, 5) is 24.0. The Morgan fingerprint density at radius 2 is 0.865 bits per heavy atom. The lowest BCUT2D eigenvalue weighted by Crippen LogP contribution is -2.23. The van der Waals surface area contributed by atoms with Crippen LogP contribution in [0.3, 0.4) is 0 Å².